The minimum atomic E-state index is -1.11. The van der Waals surface area contributed by atoms with Gasteiger partial charge in [0.25, 0.3) is 5.91 Å². The van der Waals surface area contributed by atoms with E-state index in [1.54, 1.807) is 62.4 Å². The molecule has 9 nitrogen and oxygen atoms in total. The quantitative estimate of drug-likeness (QED) is 0.196. The number of anilines is 1. The van der Waals surface area contributed by atoms with Gasteiger partial charge in [0.05, 0.1) is 5.56 Å². The molecule has 0 bridgehead atoms. The molecule has 0 radical (unpaired) electrons. The maximum absolute atomic E-state index is 12.3. The van der Waals surface area contributed by atoms with Crippen molar-refractivity contribution in [1.29, 1.82) is 5.41 Å². The SMILES string of the molecule is CC1(C)OC(=O)N(CCSc2ccc(OC(=O)c3ccc(NC(=N)N)cc3)cc2)C1=O. The fourth-order valence-electron chi connectivity index (χ4n) is 2.79. The van der Waals surface area contributed by atoms with Crippen LogP contribution in [0.25, 0.3) is 0 Å². The number of carbonyl (C=O) groups is 3. The molecule has 4 N–H and O–H groups in total. The van der Waals surface area contributed by atoms with E-state index < -0.39 is 17.7 Å². The predicted octanol–water partition coefficient (Wildman–Crippen LogP) is 3.06. The molecular weight excluding hydrogens is 420 g/mol. The summed E-state index contributed by atoms with van der Waals surface area (Å²) < 4.78 is 10.4. The topological polar surface area (TPSA) is 135 Å². The average Bonchev–Trinajstić information content (AvgIpc) is 2.90. The number of benzene rings is 2. The molecule has 10 heteroatoms. The molecule has 1 aliphatic rings. The van der Waals surface area contributed by atoms with Gasteiger partial charge in [0, 0.05) is 22.9 Å². The summed E-state index contributed by atoms with van der Waals surface area (Å²) in [5.41, 5.74) is 5.10. The molecule has 0 aromatic heterocycles. The zero-order chi connectivity index (χ0) is 22.6. The molecule has 3 rings (SSSR count). The number of hydrogen-bond acceptors (Lipinski definition) is 7. The summed E-state index contributed by atoms with van der Waals surface area (Å²) in [4.78, 5) is 38.2. The Morgan fingerprint density at radius 2 is 1.81 bits per heavy atom. The lowest BCUT2D eigenvalue weighted by atomic mass is 10.1. The summed E-state index contributed by atoms with van der Waals surface area (Å²) in [7, 11) is 0. The summed E-state index contributed by atoms with van der Waals surface area (Å²) in [5.74, 6) is -0.144. The zero-order valence-electron chi connectivity index (χ0n) is 17.0. The number of imide groups is 1. The lowest BCUT2D eigenvalue weighted by Gasteiger charge is -2.13. The molecule has 0 atom stereocenters. The van der Waals surface area contributed by atoms with Crippen LogP contribution in [0.4, 0.5) is 10.5 Å². The van der Waals surface area contributed by atoms with E-state index in [4.69, 9.17) is 20.6 Å². The van der Waals surface area contributed by atoms with Gasteiger partial charge >= 0.3 is 12.1 Å². The van der Waals surface area contributed by atoms with Gasteiger partial charge in [-0.25, -0.2) is 14.5 Å². The van der Waals surface area contributed by atoms with Crippen molar-refractivity contribution in [1.82, 2.24) is 4.90 Å². The van der Waals surface area contributed by atoms with Crippen LogP contribution in [-0.4, -0.2) is 46.7 Å². The highest BCUT2D eigenvalue weighted by Crippen LogP contribution is 2.26. The first-order valence-electron chi connectivity index (χ1n) is 9.37. The van der Waals surface area contributed by atoms with Crippen LogP contribution in [0, 0.1) is 5.41 Å². The molecule has 1 aliphatic heterocycles. The highest BCUT2D eigenvalue weighted by atomic mass is 32.2. The van der Waals surface area contributed by atoms with Crippen molar-refractivity contribution in [2.24, 2.45) is 5.73 Å². The van der Waals surface area contributed by atoms with Crippen LogP contribution in [0.3, 0.4) is 0 Å². The zero-order valence-corrected chi connectivity index (χ0v) is 17.8. The molecule has 1 heterocycles. The normalized spacial score (nSPS) is 14.8. The maximum atomic E-state index is 12.3. The molecule has 0 aliphatic carbocycles. The molecule has 2 aromatic carbocycles. The largest absolute Gasteiger partial charge is 0.433 e. The number of nitrogens with zero attached hydrogens (tertiary/aromatic N) is 1. The van der Waals surface area contributed by atoms with E-state index in [0.29, 0.717) is 22.8 Å². The molecule has 2 aromatic rings. The Labute approximate surface area is 183 Å². The summed E-state index contributed by atoms with van der Waals surface area (Å²) in [5, 5.41) is 9.82. The fourth-order valence-corrected chi connectivity index (χ4v) is 3.63. The second kappa shape index (κ2) is 9.09. The molecule has 0 unspecified atom stereocenters. The van der Waals surface area contributed by atoms with Gasteiger partial charge in [-0.3, -0.25) is 10.2 Å². The third kappa shape index (κ3) is 5.54. The first-order valence-corrected chi connectivity index (χ1v) is 10.4. The third-order valence-electron chi connectivity index (χ3n) is 4.34. The Hall–Kier alpha value is -3.53. The van der Waals surface area contributed by atoms with Crippen LogP contribution in [0.2, 0.25) is 0 Å². The lowest BCUT2D eigenvalue weighted by Crippen LogP contribution is -2.37. The summed E-state index contributed by atoms with van der Waals surface area (Å²) in [6, 6.07) is 13.3. The van der Waals surface area contributed by atoms with Crippen molar-refractivity contribution in [3.63, 3.8) is 0 Å². The van der Waals surface area contributed by atoms with Crippen LogP contribution >= 0.6 is 11.8 Å². The molecular formula is C21H22N4O5S. The first-order chi connectivity index (χ1) is 14.7. The number of cyclic esters (lactones) is 1. The summed E-state index contributed by atoms with van der Waals surface area (Å²) in [6.45, 7) is 3.38. The van der Waals surface area contributed by atoms with Gasteiger partial charge in [0.1, 0.15) is 5.75 Å². The van der Waals surface area contributed by atoms with Gasteiger partial charge in [-0.05, 0) is 62.4 Å². The molecule has 2 amide bonds. The summed E-state index contributed by atoms with van der Waals surface area (Å²) >= 11 is 1.47. The second-order valence-corrected chi connectivity index (χ2v) is 8.33. The Morgan fingerprint density at radius 3 is 2.35 bits per heavy atom. The van der Waals surface area contributed by atoms with Crippen LogP contribution in [0.1, 0.15) is 24.2 Å². The Bertz CT molecular complexity index is 1010. The van der Waals surface area contributed by atoms with Crippen molar-refractivity contribution in [3.8, 4) is 5.75 Å². The van der Waals surface area contributed by atoms with Gasteiger partial charge < -0.3 is 20.5 Å². The van der Waals surface area contributed by atoms with Crippen LogP contribution < -0.4 is 15.8 Å². The summed E-state index contributed by atoms with van der Waals surface area (Å²) in [6.07, 6.45) is -0.622. The minimum absolute atomic E-state index is 0.191. The minimum Gasteiger partial charge on any atom is -0.433 e. The molecule has 0 saturated carbocycles. The van der Waals surface area contributed by atoms with Crippen molar-refractivity contribution in [2.75, 3.05) is 17.6 Å². The molecule has 1 fully saturated rings. The number of guanidine groups is 1. The number of amides is 2. The van der Waals surface area contributed by atoms with E-state index in [1.807, 2.05) is 0 Å². The number of nitrogens with one attached hydrogen (secondary N) is 2. The number of ether oxygens (including phenoxy) is 2. The van der Waals surface area contributed by atoms with E-state index in [9.17, 15) is 14.4 Å². The van der Waals surface area contributed by atoms with Crippen molar-refractivity contribution >= 4 is 41.4 Å². The van der Waals surface area contributed by atoms with Crippen molar-refractivity contribution in [3.05, 3.63) is 54.1 Å². The number of carbonyl (C=O) groups excluding carboxylic acids is 3. The first kappa shape index (κ1) is 22.2. The van der Waals surface area contributed by atoms with Gasteiger partial charge in [0.15, 0.2) is 11.6 Å². The monoisotopic (exact) mass is 442 g/mol. The van der Waals surface area contributed by atoms with Crippen molar-refractivity contribution in [2.45, 2.75) is 24.3 Å². The van der Waals surface area contributed by atoms with Gasteiger partial charge in [0.2, 0.25) is 0 Å². The molecule has 0 spiro atoms. The fraction of sp³-hybridized carbons (Fsp3) is 0.238. The van der Waals surface area contributed by atoms with E-state index >= 15 is 0 Å². The third-order valence-corrected chi connectivity index (χ3v) is 5.33. The van der Waals surface area contributed by atoms with Crippen molar-refractivity contribution < 1.29 is 23.9 Å². The Kier molecular flexibility index (Phi) is 6.50. The molecule has 162 valence electrons. The number of esters is 1. The van der Waals surface area contributed by atoms with Crippen LogP contribution in [-0.2, 0) is 9.53 Å². The molecule has 31 heavy (non-hydrogen) atoms. The number of rotatable bonds is 7. The highest BCUT2D eigenvalue weighted by Gasteiger charge is 2.46. The number of nitrogens with two attached hydrogens (primary N) is 1. The Morgan fingerprint density at radius 1 is 1.16 bits per heavy atom. The van der Waals surface area contributed by atoms with Gasteiger partial charge in [-0.15, -0.1) is 11.8 Å². The Balaban J connectivity index is 1.50. The number of thioether (sulfide) groups is 1. The average molecular weight is 442 g/mol. The maximum Gasteiger partial charge on any atom is 0.417 e. The van der Waals surface area contributed by atoms with E-state index in [0.717, 1.165) is 9.80 Å². The lowest BCUT2D eigenvalue weighted by molar-refractivity contribution is -0.134. The standard InChI is InChI=1S/C21H22N4O5S/c1-21(2)18(27)25(20(28)30-21)11-12-31-16-9-7-15(8-10-16)29-17(26)13-3-5-14(6-4-13)24-19(22)23/h3-10H,11-12H2,1-2H3,(H4,22,23,24). The van der Waals surface area contributed by atoms with E-state index in [-0.39, 0.29) is 18.4 Å². The second-order valence-electron chi connectivity index (χ2n) is 7.16. The van der Waals surface area contributed by atoms with Crippen LogP contribution in [0.5, 0.6) is 5.75 Å². The van der Waals surface area contributed by atoms with E-state index in [1.165, 1.54) is 11.8 Å². The van der Waals surface area contributed by atoms with E-state index in [2.05, 4.69) is 5.32 Å². The van der Waals surface area contributed by atoms with Gasteiger partial charge in [-0.1, -0.05) is 0 Å². The highest BCUT2D eigenvalue weighted by molar-refractivity contribution is 7.99. The number of hydrogen-bond donors (Lipinski definition) is 3. The van der Waals surface area contributed by atoms with Crippen LogP contribution in [0.15, 0.2) is 53.4 Å². The smallest absolute Gasteiger partial charge is 0.417 e. The molecule has 1 saturated heterocycles. The van der Waals surface area contributed by atoms with Gasteiger partial charge in [-0.2, -0.15) is 0 Å². The predicted molar refractivity (Wildman–Crippen MR) is 116 cm³/mol.